The Bertz CT molecular complexity index is 930. The van der Waals surface area contributed by atoms with Crippen molar-refractivity contribution in [3.63, 3.8) is 0 Å². The molecular formula is C20H21F2N5O. The molecule has 0 spiro atoms. The van der Waals surface area contributed by atoms with E-state index in [1.54, 1.807) is 6.20 Å². The largest absolute Gasteiger partial charge is 0.380 e. The van der Waals surface area contributed by atoms with Crippen molar-refractivity contribution in [3.05, 3.63) is 36.3 Å². The summed E-state index contributed by atoms with van der Waals surface area (Å²) in [5.41, 5.74) is 1.28. The summed E-state index contributed by atoms with van der Waals surface area (Å²) >= 11 is 0. The number of fused-ring (bicyclic) bond motifs is 1. The summed E-state index contributed by atoms with van der Waals surface area (Å²) in [6.45, 7) is 1.48. The van der Waals surface area contributed by atoms with Crippen molar-refractivity contribution in [2.45, 2.75) is 31.1 Å². The fraction of sp³-hybridized carbons (Fsp3) is 0.450. The molecule has 2 aromatic rings. The van der Waals surface area contributed by atoms with Crippen molar-refractivity contribution in [3.8, 4) is 6.07 Å². The predicted molar refractivity (Wildman–Crippen MR) is 101 cm³/mol. The topological polar surface area (TPSA) is 72.3 Å². The molecule has 0 unspecified atom stereocenters. The third kappa shape index (κ3) is 3.76. The van der Waals surface area contributed by atoms with E-state index < -0.39 is 12.2 Å². The average Bonchev–Trinajstić information content (AvgIpc) is 3.27. The van der Waals surface area contributed by atoms with Gasteiger partial charge in [0.1, 0.15) is 18.0 Å². The standard InChI is InChI=1S/C20H21F2N5O/c21-13-7-18-17(2-1-4-24-18)19(8-13)25-15-3-5-26(11-15)12-20(28)27-10-14(22)6-16(27)9-23/h1-2,4,7-8,14-16,25H,3,5-6,10-12H2/t14-,15-,16-/m0/s1. The van der Waals surface area contributed by atoms with Gasteiger partial charge in [0, 0.05) is 48.9 Å². The first kappa shape index (κ1) is 18.6. The second-order valence-corrected chi connectivity index (χ2v) is 7.41. The van der Waals surface area contributed by atoms with Crippen LogP contribution >= 0.6 is 0 Å². The molecule has 3 heterocycles. The van der Waals surface area contributed by atoms with Crippen LogP contribution in [0.1, 0.15) is 12.8 Å². The Labute approximate surface area is 161 Å². The van der Waals surface area contributed by atoms with Gasteiger partial charge >= 0.3 is 0 Å². The van der Waals surface area contributed by atoms with Crippen LogP contribution in [-0.4, -0.2) is 65.1 Å². The van der Waals surface area contributed by atoms with Gasteiger partial charge in [-0.25, -0.2) is 8.78 Å². The van der Waals surface area contributed by atoms with E-state index in [2.05, 4.69) is 10.3 Å². The molecule has 1 amide bonds. The zero-order valence-electron chi connectivity index (χ0n) is 15.3. The number of nitrogens with one attached hydrogen (secondary N) is 1. The number of likely N-dealkylation sites (tertiary alicyclic amines) is 2. The molecule has 3 atom stereocenters. The summed E-state index contributed by atoms with van der Waals surface area (Å²) in [6.07, 6.45) is 1.39. The van der Waals surface area contributed by atoms with E-state index in [1.807, 2.05) is 23.1 Å². The zero-order chi connectivity index (χ0) is 19.7. The molecule has 146 valence electrons. The van der Waals surface area contributed by atoms with E-state index in [-0.39, 0.29) is 37.3 Å². The summed E-state index contributed by atoms with van der Waals surface area (Å²) in [7, 11) is 0. The van der Waals surface area contributed by atoms with Crippen LogP contribution in [0.15, 0.2) is 30.5 Å². The van der Waals surface area contributed by atoms with Crippen LogP contribution < -0.4 is 5.32 Å². The van der Waals surface area contributed by atoms with Gasteiger partial charge in [-0.1, -0.05) is 0 Å². The monoisotopic (exact) mass is 385 g/mol. The summed E-state index contributed by atoms with van der Waals surface area (Å²) in [5, 5.41) is 13.3. The number of hydrogen-bond acceptors (Lipinski definition) is 5. The van der Waals surface area contributed by atoms with Crippen LogP contribution in [0.25, 0.3) is 10.9 Å². The van der Waals surface area contributed by atoms with E-state index >= 15 is 0 Å². The molecule has 4 rings (SSSR count). The van der Waals surface area contributed by atoms with E-state index in [0.29, 0.717) is 24.3 Å². The minimum absolute atomic E-state index is 0.00510. The van der Waals surface area contributed by atoms with Crippen LogP contribution in [0.5, 0.6) is 0 Å². The molecule has 0 aliphatic carbocycles. The lowest BCUT2D eigenvalue weighted by molar-refractivity contribution is -0.132. The van der Waals surface area contributed by atoms with E-state index in [1.165, 1.54) is 17.0 Å². The highest BCUT2D eigenvalue weighted by molar-refractivity contribution is 5.91. The molecule has 1 aromatic heterocycles. The summed E-state index contributed by atoms with van der Waals surface area (Å²) in [4.78, 5) is 20.0. The van der Waals surface area contributed by atoms with Gasteiger partial charge in [-0.05, 0) is 24.6 Å². The molecule has 2 aliphatic heterocycles. The molecular weight excluding hydrogens is 364 g/mol. The Morgan fingerprint density at radius 2 is 2.25 bits per heavy atom. The lowest BCUT2D eigenvalue weighted by Crippen LogP contribution is -2.42. The Morgan fingerprint density at radius 1 is 1.39 bits per heavy atom. The number of carbonyl (C=O) groups excluding carboxylic acids is 1. The molecule has 0 saturated carbocycles. The number of anilines is 1. The van der Waals surface area contributed by atoms with Crippen molar-refractivity contribution < 1.29 is 13.6 Å². The Kier molecular flexibility index (Phi) is 5.09. The lowest BCUT2D eigenvalue weighted by atomic mass is 10.1. The molecule has 2 saturated heterocycles. The first-order chi connectivity index (χ1) is 13.5. The van der Waals surface area contributed by atoms with E-state index in [9.17, 15) is 13.6 Å². The SMILES string of the molecule is N#C[C@@H]1C[C@H](F)CN1C(=O)CN1CC[C@H](Nc2cc(F)cc3ncccc23)C1. The number of aromatic nitrogens is 1. The Hall–Kier alpha value is -2.79. The fourth-order valence-electron chi connectivity index (χ4n) is 4.05. The number of hydrogen-bond donors (Lipinski definition) is 1. The smallest absolute Gasteiger partial charge is 0.237 e. The highest BCUT2D eigenvalue weighted by Gasteiger charge is 2.36. The number of carbonyl (C=O) groups is 1. The first-order valence-electron chi connectivity index (χ1n) is 9.40. The summed E-state index contributed by atoms with van der Waals surface area (Å²) < 4.78 is 27.4. The number of benzene rings is 1. The molecule has 0 radical (unpaired) electrons. The van der Waals surface area contributed by atoms with Crippen molar-refractivity contribution in [2.75, 3.05) is 31.5 Å². The van der Waals surface area contributed by atoms with E-state index in [0.717, 1.165) is 11.8 Å². The van der Waals surface area contributed by atoms with Gasteiger partial charge in [0.15, 0.2) is 0 Å². The maximum absolute atomic E-state index is 13.9. The average molecular weight is 385 g/mol. The van der Waals surface area contributed by atoms with Gasteiger partial charge < -0.3 is 10.2 Å². The molecule has 8 heteroatoms. The van der Waals surface area contributed by atoms with E-state index in [4.69, 9.17) is 5.26 Å². The number of rotatable bonds is 4. The number of amides is 1. The molecule has 1 N–H and O–H groups in total. The van der Waals surface area contributed by atoms with Gasteiger partial charge in [-0.3, -0.25) is 14.7 Å². The van der Waals surface area contributed by atoms with Gasteiger partial charge in [0.05, 0.1) is 24.7 Å². The maximum Gasteiger partial charge on any atom is 0.237 e. The lowest BCUT2D eigenvalue weighted by Gasteiger charge is -2.23. The molecule has 6 nitrogen and oxygen atoms in total. The molecule has 0 bridgehead atoms. The van der Waals surface area contributed by atoms with Gasteiger partial charge in [0.25, 0.3) is 0 Å². The maximum atomic E-state index is 13.9. The van der Waals surface area contributed by atoms with Gasteiger partial charge in [-0.15, -0.1) is 0 Å². The second-order valence-electron chi connectivity index (χ2n) is 7.41. The third-order valence-corrected chi connectivity index (χ3v) is 5.40. The highest BCUT2D eigenvalue weighted by Crippen LogP contribution is 2.26. The normalized spacial score (nSPS) is 25.2. The number of pyridine rings is 1. The summed E-state index contributed by atoms with van der Waals surface area (Å²) in [6, 6.07) is 7.96. The fourth-order valence-corrected chi connectivity index (χ4v) is 4.05. The number of nitrogens with zero attached hydrogens (tertiary/aromatic N) is 4. The van der Waals surface area contributed by atoms with Crippen LogP contribution in [0.3, 0.4) is 0 Å². The molecule has 1 aromatic carbocycles. The first-order valence-corrected chi connectivity index (χ1v) is 9.40. The molecule has 28 heavy (non-hydrogen) atoms. The van der Waals surface area contributed by atoms with Crippen LogP contribution in [0, 0.1) is 17.1 Å². The zero-order valence-corrected chi connectivity index (χ0v) is 15.3. The Balaban J connectivity index is 1.39. The van der Waals surface area contributed by atoms with Crippen LogP contribution in [0.2, 0.25) is 0 Å². The van der Waals surface area contributed by atoms with Gasteiger partial charge in [0.2, 0.25) is 5.91 Å². The van der Waals surface area contributed by atoms with Crippen molar-refractivity contribution in [1.82, 2.24) is 14.8 Å². The molecule has 2 aliphatic rings. The van der Waals surface area contributed by atoms with Crippen molar-refractivity contribution >= 4 is 22.5 Å². The minimum Gasteiger partial charge on any atom is -0.380 e. The number of alkyl halides is 1. The summed E-state index contributed by atoms with van der Waals surface area (Å²) in [5.74, 6) is -0.566. The van der Waals surface area contributed by atoms with Crippen LogP contribution in [-0.2, 0) is 4.79 Å². The van der Waals surface area contributed by atoms with Gasteiger partial charge in [-0.2, -0.15) is 5.26 Å². The number of halogens is 2. The third-order valence-electron chi connectivity index (χ3n) is 5.40. The minimum atomic E-state index is -1.13. The predicted octanol–water partition coefficient (Wildman–Crippen LogP) is 2.32. The van der Waals surface area contributed by atoms with Crippen molar-refractivity contribution in [1.29, 1.82) is 5.26 Å². The molecule has 2 fully saturated rings. The second kappa shape index (κ2) is 7.68. The highest BCUT2D eigenvalue weighted by atomic mass is 19.1. The van der Waals surface area contributed by atoms with Crippen molar-refractivity contribution in [2.24, 2.45) is 0 Å². The van der Waals surface area contributed by atoms with Crippen LogP contribution in [0.4, 0.5) is 14.5 Å². The quantitative estimate of drug-likeness (QED) is 0.875. The number of nitriles is 1. The Morgan fingerprint density at radius 3 is 3.07 bits per heavy atom.